The van der Waals surface area contributed by atoms with Crippen molar-refractivity contribution in [3.63, 3.8) is 0 Å². The molecule has 0 aromatic rings. The Hall–Kier alpha value is -0.730. The summed E-state index contributed by atoms with van der Waals surface area (Å²) >= 11 is 0. The van der Waals surface area contributed by atoms with E-state index in [-0.39, 0.29) is 17.6 Å². The first-order chi connectivity index (χ1) is 7.26. The van der Waals surface area contributed by atoms with Crippen molar-refractivity contribution in [1.29, 1.82) is 0 Å². The zero-order valence-corrected chi connectivity index (χ0v) is 10.4. The van der Waals surface area contributed by atoms with Crippen LogP contribution in [0.15, 0.2) is 0 Å². The lowest BCUT2D eigenvalue weighted by Crippen LogP contribution is -2.36. The van der Waals surface area contributed by atoms with Crippen LogP contribution in [0.5, 0.6) is 0 Å². The number of carbonyl (C=O) groups is 2. The third-order valence-electron chi connectivity index (χ3n) is 3.61. The van der Waals surface area contributed by atoms with Gasteiger partial charge in [-0.3, -0.25) is 9.59 Å². The number of halogens is 1. The Balaban J connectivity index is 2.61. The van der Waals surface area contributed by atoms with Crippen molar-refractivity contribution in [2.45, 2.75) is 65.0 Å². The van der Waals surface area contributed by atoms with Crippen LogP contribution in [0, 0.1) is 5.41 Å². The molecule has 0 radical (unpaired) electrons. The van der Waals surface area contributed by atoms with E-state index in [1.54, 1.807) is 0 Å². The Morgan fingerprint density at radius 3 is 2.12 bits per heavy atom. The highest BCUT2D eigenvalue weighted by Crippen LogP contribution is 2.37. The first-order valence-electron chi connectivity index (χ1n) is 6.01. The molecule has 0 aliphatic heterocycles. The fourth-order valence-electron chi connectivity index (χ4n) is 2.18. The van der Waals surface area contributed by atoms with Crippen molar-refractivity contribution in [2.75, 3.05) is 0 Å². The van der Waals surface area contributed by atoms with Crippen molar-refractivity contribution in [3.05, 3.63) is 0 Å². The molecule has 0 aromatic carbocycles. The van der Waals surface area contributed by atoms with Crippen LogP contribution >= 0.6 is 0 Å². The van der Waals surface area contributed by atoms with Gasteiger partial charge in [0.05, 0.1) is 6.42 Å². The molecule has 0 unspecified atom stereocenters. The van der Waals surface area contributed by atoms with Gasteiger partial charge in [-0.25, -0.2) is 4.39 Å². The average Bonchev–Trinajstić information content (AvgIpc) is 2.17. The molecule has 0 atom stereocenters. The molecule has 2 nitrogen and oxygen atoms in total. The van der Waals surface area contributed by atoms with Crippen molar-refractivity contribution in [2.24, 2.45) is 5.41 Å². The van der Waals surface area contributed by atoms with Gasteiger partial charge in [0.1, 0.15) is 5.78 Å². The molecule has 0 bridgehead atoms. The highest BCUT2D eigenvalue weighted by molar-refractivity contribution is 6.04. The van der Waals surface area contributed by atoms with Crippen LogP contribution in [0.25, 0.3) is 0 Å². The third kappa shape index (κ3) is 3.13. The summed E-state index contributed by atoms with van der Waals surface area (Å²) in [5, 5.41) is 0. The second-order valence-electron chi connectivity index (χ2n) is 5.62. The fraction of sp³-hybridized carbons (Fsp3) is 0.846. The molecule has 0 N–H and O–H groups in total. The van der Waals surface area contributed by atoms with E-state index >= 15 is 0 Å². The number of carbonyl (C=O) groups excluding carboxylic acids is 2. The minimum Gasteiger partial charge on any atom is -0.299 e. The van der Waals surface area contributed by atoms with Gasteiger partial charge in [-0.05, 0) is 26.7 Å². The summed E-state index contributed by atoms with van der Waals surface area (Å²) in [5.41, 5.74) is -2.28. The molecule has 16 heavy (non-hydrogen) atoms. The van der Waals surface area contributed by atoms with Gasteiger partial charge in [0.15, 0.2) is 11.5 Å². The van der Waals surface area contributed by atoms with E-state index in [0.717, 1.165) is 32.1 Å². The van der Waals surface area contributed by atoms with E-state index in [1.165, 1.54) is 13.8 Å². The maximum absolute atomic E-state index is 13.3. The standard InChI is InChI=1S/C13H21FO2/c1-12(2,14)10(15)9-11(16)13(3)7-5-4-6-8-13/h4-9H2,1-3H3. The van der Waals surface area contributed by atoms with E-state index in [4.69, 9.17) is 0 Å². The zero-order chi connectivity index (χ0) is 12.4. The van der Waals surface area contributed by atoms with Crippen LogP contribution in [0.4, 0.5) is 4.39 Å². The van der Waals surface area contributed by atoms with Gasteiger partial charge in [0.2, 0.25) is 0 Å². The maximum atomic E-state index is 13.3. The van der Waals surface area contributed by atoms with Gasteiger partial charge in [-0.1, -0.05) is 26.2 Å². The summed E-state index contributed by atoms with van der Waals surface area (Å²) in [6.07, 6.45) is 4.66. The Morgan fingerprint density at radius 2 is 1.69 bits per heavy atom. The van der Waals surface area contributed by atoms with Gasteiger partial charge in [0.25, 0.3) is 0 Å². The van der Waals surface area contributed by atoms with Gasteiger partial charge in [0, 0.05) is 5.41 Å². The van der Waals surface area contributed by atoms with Gasteiger partial charge in [-0.2, -0.15) is 0 Å². The quantitative estimate of drug-likeness (QED) is 0.692. The predicted octanol–water partition coefficient (Wildman–Crippen LogP) is 3.23. The molecule has 1 rings (SSSR count). The molecular weight excluding hydrogens is 207 g/mol. The molecule has 1 aliphatic carbocycles. The van der Waals surface area contributed by atoms with Crippen molar-refractivity contribution < 1.29 is 14.0 Å². The normalized spacial score (nSPS) is 20.5. The maximum Gasteiger partial charge on any atom is 0.176 e. The summed E-state index contributed by atoms with van der Waals surface area (Å²) in [6.45, 7) is 4.34. The number of alkyl halides is 1. The summed E-state index contributed by atoms with van der Waals surface area (Å²) in [7, 11) is 0. The highest BCUT2D eigenvalue weighted by Gasteiger charge is 2.38. The minimum absolute atomic E-state index is 0.0806. The Morgan fingerprint density at radius 1 is 1.19 bits per heavy atom. The molecule has 92 valence electrons. The molecule has 0 heterocycles. The van der Waals surface area contributed by atoms with E-state index in [1.807, 2.05) is 6.92 Å². The summed E-state index contributed by atoms with van der Waals surface area (Å²) in [6, 6.07) is 0. The average molecular weight is 228 g/mol. The Labute approximate surface area is 96.6 Å². The number of hydrogen-bond acceptors (Lipinski definition) is 2. The van der Waals surface area contributed by atoms with Gasteiger partial charge < -0.3 is 0 Å². The number of ketones is 2. The smallest absolute Gasteiger partial charge is 0.176 e. The molecule has 3 heteroatoms. The lowest BCUT2D eigenvalue weighted by molar-refractivity contribution is -0.138. The van der Waals surface area contributed by atoms with E-state index in [2.05, 4.69) is 0 Å². The van der Waals surface area contributed by atoms with Crippen LogP contribution in [-0.4, -0.2) is 17.2 Å². The van der Waals surface area contributed by atoms with Crippen molar-refractivity contribution in [3.8, 4) is 0 Å². The molecule has 1 saturated carbocycles. The lowest BCUT2D eigenvalue weighted by Gasteiger charge is -2.32. The lowest BCUT2D eigenvalue weighted by atomic mass is 9.71. The third-order valence-corrected chi connectivity index (χ3v) is 3.61. The molecule has 0 amide bonds. The molecular formula is C13H21FO2. The van der Waals surface area contributed by atoms with E-state index in [0.29, 0.717) is 0 Å². The first kappa shape index (κ1) is 13.3. The van der Waals surface area contributed by atoms with Crippen molar-refractivity contribution >= 4 is 11.6 Å². The molecule has 1 aliphatic rings. The molecule has 0 aromatic heterocycles. The summed E-state index contributed by atoms with van der Waals surface area (Å²) in [5.74, 6) is -0.674. The first-order valence-corrected chi connectivity index (χ1v) is 6.01. The second-order valence-corrected chi connectivity index (χ2v) is 5.62. The van der Waals surface area contributed by atoms with E-state index < -0.39 is 11.5 Å². The molecule has 0 saturated heterocycles. The fourth-order valence-corrected chi connectivity index (χ4v) is 2.18. The number of hydrogen-bond donors (Lipinski definition) is 0. The molecule has 1 fully saturated rings. The SMILES string of the molecule is CC(C)(F)C(=O)CC(=O)C1(C)CCCCC1. The minimum atomic E-state index is -1.89. The summed E-state index contributed by atoms with van der Waals surface area (Å²) in [4.78, 5) is 23.5. The summed E-state index contributed by atoms with van der Waals surface area (Å²) < 4.78 is 13.3. The largest absolute Gasteiger partial charge is 0.299 e. The van der Waals surface area contributed by atoms with Crippen LogP contribution < -0.4 is 0 Å². The van der Waals surface area contributed by atoms with Crippen LogP contribution in [0.3, 0.4) is 0 Å². The van der Waals surface area contributed by atoms with Crippen molar-refractivity contribution in [1.82, 2.24) is 0 Å². The monoisotopic (exact) mass is 228 g/mol. The number of rotatable bonds is 4. The Bertz CT molecular complexity index is 283. The highest BCUT2D eigenvalue weighted by atomic mass is 19.1. The van der Waals surface area contributed by atoms with Crippen LogP contribution in [0.2, 0.25) is 0 Å². The zero-order valence-electron chi connectivity index (χ0n) is 10.4. The van der Waals surface area contributed by atoms with Gasteiger partial charge in [-0.15, -0.1) is 0 Å². The Kier molecular flexibility index (Phi) is 3.87. The van der Waals surface area contributed by atoms with Crippen LogP contribution in [-0.2, 0) is 9.59 Å². The van der Waals surface area contributed by atoms with Crippen LogP contribution in [0.1, 0.15) is 59.3 Å². The topological polar surface area (TPSA) is 34.1 Å². The predicted molar refractivity (Wildman–Crippen MR) is 61.0 cm³/mol. The van der Waals surface area contributed by atoms with E-state index in [9.17, 15) is 14.0 Å². The van der Waals surface area contributed by atoms with Gasteiger partial charge >= 0.3 is 0 Å². The number of Topliss-reactive ketones (excluding diaryl/α,β-unsaturated/α-hetero) is 2. The second kappa shape index (κ2) is 4.64. The molecule has 0 spiro atoms.